The second kappa shape index (κ2) is 6.82. The van der Waals surface area contributed by atoms with Crippen molar-refractivity contribution in [1.29, 1.82) is 0 Å². The molecular formula is C12H22O11. The van der Waals surface area contributed by atoms with Gasteiger partial charge in [-0.05, 0) is 0 Å². The normalized spacial score (nSPS) is 54.9. The van der Waals surface area contributed by atoms with E-state index in [-0.39, 0.29) is 0 Å². The first-order chi connectivity index (χ1) is 10.7. The lowest BCUT2D eigenvalue weighted by atomic mass is 9.83. The minimum absolute atomic E-state index is 0.776. The summed E-state index contributed by atoms with van der Waals surface area (Å²) in [6.45, 7) is -1.60. The lowest BCUT2D eigenvalue weighted by Crippen LogP contribution is -2.75. The predicted octanol–water partition coefficient (Wildman–Crippen LogP) is -6.01. The van der Waals surface area contributed by atoms with E-state index in [0.29, 0.717) is 0 Å². The fraction of sp³-hybridized carbons (Fsp3) is 1.00. The Morgan fingerprint density at radius 3 is 1.74 bits per heavy atom. The molecule has 2 rings (SSSR count). The van der Waals surface area contributed by atoms with Gasteiger partial charge in [0.15, 0.2) is 0 Å². The molecule has 10 atom stereocenters. The zero-order chi connectivity index (χ0) is 17.5. The lowest BCUT2D eigenvalue weighted by Gasteiger charge is -2.52. The molecule has 2 heterocycles. The molecule has 0 radical (unpaired) electrons. The van der Waals surface area contributed by atoms with Gasteiger partial charge in [0, 0.05) is 0 Å². The zero-order valence-electron chi connectivity index (χ0n) is 12.0. The SMILES string of the molecule is OC[C@H]1OC(C2(O)O[C@H](CO)[C@@H](O)[C@H](O)[C@@H]2O)[C@@H](O)[C@@H](O)[C@@H]1O. The maximum absolute atomic E-state index is 10.5. The van der Waals surface area contributed by atoms with Crippen LogP contribution in [0.4, 0.5) is 0 Å². The van der Waals surface area contributed by atoms with Crippen LogP contribution in [-0.4, -0.2) is 120 Å². The fourth-order valence-corrected chi connectivity index (χ4v) is 2.86. The van der Waals surface area contributed by atoms with E-state index in [1.807, 2.05) is 0 Å². The van der Waals surface area contributed by atoms with Gasteiger partial charge < -0.3 is 55.4 Å². The zero-order valence-corrected chi connectivity index (χ0v) is 12.0. The Bertz CT molecular complexity index is 404. The van der Waals surface area contributed by atoms with Crippen molar-refractivity contribution in [2.45, 2.75) is 60.7 Å². The van der Waals surface area contributed by atoms with Crippen molar-refractivity contribution in [3.63, 3.8) is 0 Å². The van der Waals surface area contributed by atoms with Gasteiger partial charge in [-0.25, -0.2) is 0 Å². The highest BCUT2D eigenvalue weighted by molar-refractivity contribution is 5.05. The second-order valence-corrected chi connectivity index (χ2v) is 5.77. The first kappa shape index (κ1) is 18.9. The van der Waals surface area contributed by atoms with Crippen LogP contribution in [0.3, 0.4) is 0 Å². The molecule has 2 saturated heterocycles. The molecule has 11 heteroatoms. The number of hydrogen-bond donors (Lipinski definition) is 9. The van der Waals surface area contributed by atoms with Crippen LogP contribution in [0.2, 0.25) is 0 Å². The van der Waals surface area contributed by atoms with Gasteiger partial charge in [-0.1, -0.05) is 0 Å². The molecule has 2 aliphatic rings. The number of ether oxygens (including phenoxy) is 2. The molecule has 0 aromatic carbocycles. The van der Waals surface area contributed by atoms with Gasteiger partial charge in [-0.15, -0.1) is 0 Å². The van der Waals surface area contributed by atoms with Gasteiger partial charge >= 0.3 is 0 Å². The van der Waals surface area contributed by atoms with E-state index in [2.05, 4.69) is 0 Å². The van der Waals surface area contributed by atoms with Gasteiger partial charge in [-0.2, -0.15) is 0 Å². The molecule has 0 saturated carbocycles. The first-order valence-corrected chi connectivity index (χ1v) is 7.04. The summed E-state index contributed by atoms with van der Waals surface area (Å²) in [4.78, 5) is 0. The van der Waals surface area contributed by atoms with E-state index in [0.717, 1.165) is 0 Å². The molecule has 2 unspecified atom stereocenters. The smallest absolute Gasteiger partial charge is 0.225 e. The van der Waals surface area contributed by atoms with E-state index in [4.69, 9.17) is 19.7 Å². The summed E-state index contributed by atoms with van der Waals surface area (Å²) in [6, 6.07) is 0. The van der Waals surface area contributed by atoms with Crippen LogP contribution in [0.25, 0.3) is 0 Å². The third kappa shape index (κ3) is 2.99. The van der Waals surface area contributed by atoms with Crippen LogP contribution in [0.5, 0.6) is 0 Å². The average Bonchev–Trinajstić information content (AvgIpc) is 2.54. The summed E-state index contributed by atoms with van der Waals surface area (Å²) in [5.74, 6) is -2.82. The maximum atomic E-state index is 10.5. The van der Waals surface area contributed by atoms with Crippen molar-refractivity contribution in [3.05, 3.63) is 0 Å². The third-order valence-corrected chi connectivity index (χ3v) is 4.30. The molecule has 0 aromatic heterocycles. The Labute approximate surface area is 130 Å². The topological polar surface area (TPSA) is 201 Å². The molecule has 0 amide bonds. The highest BCUT2D eigenvalue weighted by atomic mass is 16.7. The van der Waals surface area contributed by atoms with Crippen LogP contribution in [0, 0.1) is 0 Å². The van der Waals surface area contributed by atoms with Crippen molar-refractivity contribution in [2.24, 2.45) is 0 Å². The van der Waals surface area contributed by atoms with Crippen LogP contribution >= 0.6 is 0 Å². The Balaban J connectivity index is 2.33. The Morgan fingerprint density at radius 2 is 1.22 bits per heavy atom. The molecule has 136 valence electrons. The second-order valence-electron chi connectivity index (χ2n) is 5.77. The van der Waals surface area contributed by atoms with Crippen LogP contribution in [-0.2, 0) is 9.47 Å². The van der Waals surface area contributed by atoms with Crippen molar-refractivity contribution in [2.75, 3.05) is 13.2 Å². The molecular weight excluding hydrogens is 320 g/mol. The molecule has 9 N–H and O–H groups in total. The van der Waals surface area contributed by atoms with Gasteiger partial charge in [0.25, 0.3) is 0 Å². The quantitative estimate of drug-likeness (QED) is 0.236. The van der Waals surface area contributed by atoms with E-state index < -0.39 is 73.9 Å². The van der Waals surface area contributed by atoms with E-state index in [1.165, 1.54) is 0 Å². The molecule has 0 bridgehead atoms. The lowest BCUT2D eigenvalue weighted by molar-refractivity contribution is -0.406. The number of hydrogen-bond acceptors (Lipinski definition) is 11. The molecule has 23 heavy (non-hydrogen) atoms. The summed E-state index contributed by atoms with van der Waals surface area (Å²) in [7, 11) is 0. The van der Waals surface area contributed by atoms with Crippen molar-refractivity contribution in [3.8, 4) is 0 Å². The molecule has 2 aliphatic heterocycles. The van der Waals surface area contributed by atoms with Gasteiger partial charge in [0.05, 0.1) is 13.2 Å². The van der Waals surface area contributed by atoms with E-state index in [9.17, 15) is 35.7 Å². The Hall–Kier alpha value is -0.440. The minimum Gasteiger partial charge on any atom is -0.394 e. The molecule has 0 spiro atoms. The van der Waals surface area contributed by atoms with E-state index in [1.54, 1.807) is 0 Å². The van der Waals surface area contributed by atoms with E-state index >= 15 is 0 Å². The fourth-order valence-electron chi connectivity index (χ4n) is 2.86. The average molecular weight is 342 g/mol. The van der Waals surface area contributed by atoms with Crippen molar-refractivity contribution in [1.82, 2.24) is 0 Å². The first-order valence-electron chi connectivity index (χ1n) is 7.04. The van der Waals surface area contributed by atoms with Gasteiger partial charge in [0.1, 0.15) is 54.9 Å². The number of rotatable bonds is 3. The number of aliphatic hydroxyl groups excluding tert-OH is 8. The minimum atomic E-state index is -2.82. The van der Waals surface area contributed by atoms with Crippen molar-refractivity contribution >= 4 is 0 Å². The van der Waals surface area contributed by atoms with Crippen LogP contribution in [0.1, 0.15) is 0 Å². The van der Waals surface area contributed by atoms with Gasteiger partial charge in [-0.3, -0.25) is 0 Å². The molecule has 0 aliphatic carbocycles. The summed E-state index contributed by atoms with van der Waals surface area (Å²) in [5.41, 5.74) is 0. The highest BCUT2D eigenvalue weighted by Gasteiger charge is 2.62. The predicted molar refractivity (Wildman–Crippen MR) is 68.7 cm³/mol. The summed E-state index contributed by atoms with van der Waals surface area (Å²) in [6.07, 6.45) is -16.1. The summed E-state index contributed by atoms with van der Waals surface area (Å²) in [5, 5.41) is 87.7. The summed E-state index contributed by atoms with van der Waals surface area (Å²) < 4.78 is 10.1. The third-order valence-electron chi connectivity index (χ3n) is 4.30. The van der Waals surface area contributed by atoms with Crippen LogP contribution < -0.4 is 0 Å². The molecule has 2 fully saturated rings. The van der Waals surface area contributed by atoms with Crippen LogP contribution in [0.15, 0.2) is 0 Å². The summed E-state index contributed by atoms with van der Waals surface area (Å²) >= 11 is 0. The maximum Gasteiger partial charge on any atom is 0.225 e. The number of aliphatic hydroxyl groups is 9. The molecule has 0 aromatic rings. The Kier molecular flexibility index (Phi) is 5.60. The standard InChI is InChI=1S/C12H22O11/c13-1-3-5(15)7(17)9(19)11(22-3)12(21)10(20)8(18)6(16)4(2-14)23-12/h3-11,13-21H,1-2H2/t3-,4-,5-,6-,7+,8+,9+,10+,11?,12?/m1/s1. The van der Waals surface area contributed by atoms with Gasteiger partial charge in [0.2, 0.25) is 5.79 Å². The van der Waals surface area contributed by atoms with Crippen molar-refractivity contribution < 1.29 is 55.4 Å². The molecule has 11 nitrogen and oxygen atoms in total. The monoisotopic (exact) mass is 342 g/mol. The Morgan fingerprint density at radius 1 is 0.696 bits per heavy atom. The largest absolute Gasteiger partial charge is 0.394 e. The highest BCUT2D eigenvalue weighted by Crippen LogP contribution is 2.37.